The highest BCUT2D eigenvalue weighted by Gasteiger charge is 2.14. The number of imidazole rings is 1. The predicted octanol–water partition coefficient (Wildman–Crippen LogP) is 3.62. The number of hydrogen-bond acceptors (Lipinski definition) is 3. The van der Waals surface area contributed by atoms with E-state index in [0.717, 1.165) is 16.2 Å². The quantitative estimate of drug-likeness (QED) is 0.783. The molecule has 0 atom stereocenters. The van der Waals surface area contributed by atoms with Crippen LogP contribution in [0.2, 0.25) is 0 Å². The van der Waals surface area contributed by atoms with Gasteiger partial charge in [0.2, 0.25) is 0 Å². The van der Waals surface area contributed by atoms with Gasteiger partial charge in [-0.2, -0.15) is 0 Å². The van der Waals surface area contributed by atoms with Crippen LogP contribution in [0, 0.1) is 13.8 Å². The van der Waals surface area contributed by atoms with Crippen LogP contribution in [-0.2, 0) is 7.05 Å². The SMILES string of the molecule is Cc1cc(-c2nc3cc(C(=O)O)ccc3n2C)sc1C. The molecule has 0 amide bonds. The van der Waals surface area contributed by atoms with Crippen molar-refractivity contribution in [3.63, 3.8) is 0 Å². The number of nitrogens with zero attached hydrogens (tertiary/aromatic N) is 2. The van der Waals surface area contributed by atoms with Crippen LogP contribution in [0.3, 0.4) is 0 Å². The molecule has 3 rings (SSSR count). The number of thiophene rings is 1. The van der Waals surface area contributed by atoms with Crippen molar-refractivity contribution in [2.75, 3.05) is 0 Å². The molecule has 0 unspecified atom stereocenters. The van der Waals surface area contributed by atoms with E-state index in [1.165, 1.54) is 10.4 Å². The van der Waals surface area contributed by atoms with Crippen LogP contribution in [0.5, 0.6) is 0 Å². The number of carboxylic acid groups (broad SMARTS) is 1. The third kappa shape index (κ3) is 1.91. The molecule has 102 valence electrons. The van der Waals surface area contributed by atoms with Crippen LogP contribution >= 0.6 is 11.3 Å². The van der Waals surface area contributed by atoms with E-state index in [4.69, 9.17) is 5.11 Å². The lowest BCUT2D eigenvalue weighted by Gasteiger charge is -1.99. The Morgan fingerprint density at radius 2 is 2.05 bits per heavy atom. The van der Waals surface area contributed by atoms with Crippen molar-refractivity contribution in [1.29, 1.82) is 0 Å². The Morgan fingerprint density at radius 3 is 2.65 bits per heavy atom. The van der Waals surface area contributed by atoms with Gasteiger partial charge in [-0.05, 0) is 43.7 Å². The van der Waals surface area contributed by atoms with E-state index >= 15 is 0 Å². The molecule has 5 heteroatoms. The van der Waals surface area contributed by atoms with Gasteiger partial charge < -0.3 is 9.67 Å². The minimum Gasteiger partial charge on any atom is -0.478 e. The van der Waals surface area contributed by atoms with Crippen LogP contribution in [0.1, 0.15) is 20.8 Å². The molecule has 0 saturated carbocycles. The molecule has 0 saturated heterocycles. The van der Waals surface area contributed by atoms with Gasteiger partial charge in [0.25, 0.3) is 0 Å². The van der Waals surface area contributed by atoms with Crippen LogP contribution < -0.4 is 0 Å². The zero-order valence-electron chi connectivity index (χ0n) is 11.5. The molecule has 1 N–H and O–H groups in total. The maximum atomic E-state index is 11.0. The van der Waals surface area contributed by atoms with E-state index in [1.54, 1.807) is 23.5 Å². The van der Waals surface area contributed by atoms with Crippen LogP contribution in [0.25, 0.3) is 21.7 Å². The summed E-state index contributed by atoms with van der Waals surface area (Å²) in [4.78, 5) is 18.0. The van der Waals surface area contributed by atoms with Crippen molar-refractivity contribution in [2.45, 2.75) is 13.8 Å². The third-order valence-electron chi connectivity index (χ3n) is 3.51. The average molecular weight is 286 g/mol. The van der Waals surface area contributed by atoms with E-state index in [0.29, 0.717) is 5.52 Å². The standard InChI is InChI=1S/C15H14N2O2S/c1-8-6-13(20-9(8)2)14-16-11-7-10(15(18)19)4-5-12(11)17(14)3/h4-7H,1-3H3,(H,18,19). The van der Waals surface area contributed by atoms with Gasteiger partial charge in [0, 0.05) is 11.9 Å². The number of carbonyl (C=O) groups is 1. The highest BCUT2D eigenvalue weighted by Crippen LogP contribution is 2.32. The number of carboxylic acids is 1. The van der Waals surface area contributed by atoms with Gasteiger partial charge in [-0.3, -0.25) is 0 Å². The lowest BCUT2D eigenvalue weighted by Crippen LogP contribution is -1.95. The maximum absolute atomic E-state index is 11.0. The fourth-order valence-corrected chi connectivity index (χ4v) is 3.30. The van der Waals surface area contributed by atoms with Gasteiger partial charge in [-0.15, -0.1) is 11.3 Å². The van der Waals surface area contributed by atoms with Crippen LogP contribution in [-0.4, -0.2) is 20.6 Å². The molecule has 0 aliphatic rings. The number of aromatic nitrogens is 2. The monoisotopic (exact) mass is 286 g/mol. The normalized spacial score (nSPS) is 11.2. The number of aryl methyl sites for hydroxylation is 3. The van der Waals surface area contributed by atoms with Gasteiger partial charge in [-0.25, -0.2) is 9.78 Å². The molecule has 3 aromatic rings. The van der Waals surface area contributed by atoms with Crippen molar-refractivity contribution in [1.82, 2.24) is 9.55 Å². The Hall–Kier alpha value is -2.14. The lowest BCUT2D eigenvalue weighted by atomic mass is 10.2. The Balaban J connectivity index is 2.22. The fourth-order valence-electron chi connectivity index (χ4n) is 2.24. The first-order valence-electron chi connectivity index (χ1n) is 6.24. The Bertz CT molecular complexity index is 810. The summed E-state index contributed by atoms with van der Waals surface area (Å²) >= 11 is 1.71. The summed E-state index contributed by atoms with van der Waals surface area (Å²) in [6.07, 6.45) is 0. The molecule has 2 heterocycles. The van der Waals surface area contributed by atoms with E-state index in [-0.39, 0.29) is 5.56 Å². The van der Waals surface area contributed by atoms with Crippen LogP contribution in [0.4, 0.5) is 0 Å². The van der Waals surface area contributed by atoms with E-state index in [2.05, 4.69) is 24.9 Å². The molecule has 0 aliphatic heterocycles. The van der Waals surface area contributed by atoms with Gasteiger partial charge in [0.05, 0.1) is 21.5 Å². The molecule has 0 radical (unpaired) electrons. The number of aromatic carboxylic acids is 1. The summed E-state index contributed by atoms with van der Waals surface area (Å²) in [6.45, 7) is 4.18. The molecular formula is C15H14N2O2S. The predicted molar refractivity (Wildman–Crippen MR) is 80.5 cm³/mol. The molecule has 2 aromatic heterocycles. The minimum atomic E-state index is -0.929. The average Bonchev–Trinajstić information content (AvgIpc) is 2.91. The van der Waals surface area contributed by atoms with Gasteiger partial charge in [-0.1, -0.05) is 0 Å². The Morgan fingerprint density at radius 1 is 1.30 bits per heavy atom. The first kappa shape index (κ1) is 12.9. The first-order chi connectivity index (χ1) is 9.47. The molecule has 0 fully saturated rings. The van der Waals surface area contributed by atoms with Crippen LogP contribution in [0.15, 0.2) is 24.3 Å². The van der Waals surface area contributed by atoms with Crippen molar-refractivity contribution >= 4 is 28.3 Å². The summed E-state index contributed by atoms with van der Waals surface area (Å²) in [6, 6.07) is 7.16. The lowest BCUT2D eigenvalue weighted by molar-refractivity contribution is 0.0697. The van der Waals surface area contributed by atoms with Crippen molar-refractivity contribution in [3.05, 3.63) is 40.3 Å². The largest absolute Gasteiger partial charge is 0.478 e. The summed E-state index contributed by atoms with van der Waals surface area (Å²) in [5, 5.41) is 9.04. The second-order valence-corrected chi connectivity index (χ2v) is 6.11. The summed E-state index contributed by atoms with van der Waals surface area (Å²) in [5.74, 6) is -0.0503. The van der Waals surface area contributed by atoms with Gasteiger partial charge in [0.1, 0.15) is 0 Å². The highest BCUT2D eigenvalue weighted by atomic mass is 32.1. The van der Waals surface area contributed by atoms with E-state index in [9.17, 15) is 4.79 Å². The summed E-state index contributed by atoms with van der Waals surface area (Å²) in [5.41, 5.74) is 3.17. The fraction of sp³-hybridized carbons (Fsp3) is 0.200. The number of fused-ring (bicyclic) bond motifs is 1. The summed E-state index contributed by atoms with van der Waals surface area (Å²) < 4.78 is 2.01. The van der Waals surface area contributed by atoms with Crippen molar-refractivity contribution in [3.8, 4) is 10.7 Å². The molecule has 1 aromatic carbocycles. The van der Waals surface area contributed by atoms with Crippen molar-refractivity contribution < 1.29 is 9.90 Å². The summed E-state index contributed by atoms with van der Waals surface area (Å²) in [7, 11) is 1.95. The minimum absolute atomic E-state index is 0.265. The number of hydrogen-bond donors (Lipinski definition) is 1. The molecule has 0 bridgehead atoms. The van der Waals surface area contributed by atoms with Gasteiger partial charge >= 0.3 is 5.97 Å². The maximum Gasteiger partial charge on any atom is 0.335 e. The first-order valence-corrected chi connectivity index (χ1v) is 7.06. The molecular weight excluding hydrogens is 272 g/mol. The van der Waals surface area contributed by atoms with Gasteiger partial charge in [0.15, 0.2) is 5.82 Å². The second kappa shape index (κ2) is 4.45. The Labute approximate surface area is 120 Å². The number of rotatable bonds is 2. The molecule has 0 spiro atoms. The smallest absolute Gasteiger partial charge is 0.335 e. The zero-order chi connectivity index (χ0) is 14.4. The zero-order valence-corrected chi connectivity index (χ0v) is 12.3. The second-order valence-electron chi connectivity index (χ2n) is 4.85. The Kier molecular flexibility index (Phi) is 2.87. The molecule has 4 nitrogen and oxygen atoms in total. The topological polar surface area (TPSA) is 55.1 Å². The van der Waals surface area contributed by atoms with E-state index < -0.39 is 5.97 Å². The van der Waals surface area contributed by atoms with Crippen molar-refractivity contribution in [2.24, 2.45) is 7.05 Å². The third-order valence-corrected chi connectivity index (χ3v) is 4.66. The number of benzene rings is 1. The molecule has 20 heavy (non-hydrogen) atoms. The molecule has 0 aliphatic carbocycles. The van der Waals surface area contributed by atoms with E-state index in [1.807, 2.05) is 17.7 Å². The highest BCUT2D eigenvalue weighted by molar-refractivity contribution is 7.15.